The molecule has 0 spiro atoms. The molecule has 1 amide bonds. The Bertz CT molecular complexity index is 1020. The quantitative estimate of drug-likeness (QED) is 0.582. The van der Waals surface area contributed by atoms with Crippen molar-refractivity contribution in [2.75, 3.05) is 32.1 Å². The van der Waals surface area contributed by atoms with Crippen molar-refractivity contribution in [3.05, 3.63) is 70.0 Å². The first-order valence-electron chi connectivity index (χ1n) is 10.4. The van der Waals surface area contributed by atoms with Gasteiger partial charge in [0.2, 0.25) is 11.0 Å². The lowest BCUT2D eigenvalue weighted by molar-refractivity contribution is -0.117. The summed E-state index contributed by atoms with van der Waals surface area (Å²) < 4.78 is 5.04. The minimum Gasteiger partial charge on any atom is -0.377 e. The zero-order chi connectivity index (χ0) is 21.6. The van der Waals surface area contributed by atoms with Crippen molar-refractivity contribution in [2.24, 2.45) is 0 Å². The average Bonchev–Trinajstić information content (AvgIpc) is 3.38. The van der Waals surface area contributed by atoms with Gasteiger partial charge in [0.15, 0.2) is 0 Å². The number of aromatic nitrogens is 3. The molecule has 0 radical (unpaired) electrons. The van der Waals surface area contributed by atoms with Gasteiger partial charge >= 0.3 is 0 Å². The van der Waals surface area contributed by atoms with Crippen molar-refractivity contribution >= 4 is 22.4 Å². The summed E-state index contributed by atoms with van der Waals surface area (Å²) in [5.74, 6) is 0.278. The molecule has 162 valence electrons. The van der Waals surface area contributed by atoms with Crippen LogP contribution in [-0.4, -0.2) is 52.7 Å². The number of nitrogens with one attached hydrogen (secondary N) is 1. The van der Waals surface area contributed by atoms with Gasteiger partial charge in [0.1, 0.15) is 11.6 Å². The predicted molar refractivity (Wildman–Crippen MR) is 121 cm³/mol. The lowest BCUT2D eigenvalue weighted by atomic mass is 9.98. The third-order valence-electron chi connectivity index (χ3n) is 5.32. The zero-order valence-electron chi connectivity index (χ0n) is 17.9. The number of aryl methyl sites for hydroxylation is 1. The highest BCUT2D eigenvalue weighted by Crippen LogP contribution is 2.27. The Morgan fingerprint density at radius 2 is 2.06 bits per heavy atom. The molecule has 31 heavy (non-hydrogen) atoms. The van der Waals surface area contributed by atoms with E-state index in [0.717, 1.165) is 42.3 Å². The summed E-state index contributed by atoms with van der Waals surface area (Å²) in [6, 6.07) is 14.9. The minimum atomic E-state index is -0.0669. The number of nitrogens with zero attached hydrogens (tertiary/aromatic N) is 4. The SMILES string of the molecule is COCc1nnc(NC(=O)CN2CC[C@H](c3cc(Cc4ccccc4)cc(C)n3)C2)s1. The van der Waals surface area contributed by atoms with Gasteiger partial charge in [-0.2, -0.15) is 0 Å². The molecule has 0 bridgehead atoms. The number of anilines is 1. The summed E-state index contributed by atoms with van der Waals surface area (Å²) >= 11 is 1.34. The predicted octanol–water partition coefficient (Wildman–Crippen LogP) is 3.41. The summed E-state index contributed by atoms with van der Waals surface area (Å²) in [6.07, 6.45) is 1.91. The van der Waals surface area contributed by atoms with E-state index in [4.69, 9.17) is 9.72 Å². The number of pyridine rings is 1. The van der Waals surface area contributed by atoms with Crippen LogP contribution in [0.5, 0.6) is 0 Å². The summed E-state index contributed by atoms with van der Waals surface area (Å²) in [5, 5.41) is 12.1. The van der Waals surface area contributed by atoms with Gasteiger partial charge in [-0.25, -0.2) is 0 Å². The van der Waals surface area contributed by atoms with E-state index >= 15 is 0 Å². The second-order valence-electron chi connectivity index (χ2n) is 7.91. The van der Waals surface area contributed by atoms with E-state index < -0.39 is 0 Å². The maximum absolute atomic E-state index is 12.4. The van der Waals surface area contributed by atoms with Gasteiger partial charge in [-0.15, -0.1) is 10.2 Å². The Labute approximate surface area is 186 Å². The number of methoxy groups -OCH3 is 1. The van der Waals surface area contributed by atoms with Crippen molar-refractivity contribution < 1.29 is 9.53 Å². The van der Waals surface area contributed by atoms with Gasteiger partial charge in [-0.1, -0.05) is 41.7 Å². The van der Waals surface area contributed by atoms with Crippen molar-refractivity contribution in [3.8, 4) is 0 Å². The molecule has 3 heterocycles. The van der Waals surface area contributed by atoms with Gasteiger partial charge in [0.05, 0.1) is 6.54 Å². The lowest BCUT2D eigenvalue weighted by Crippen LogP contribution is -2.31. The van der Waals surface area contributed by atoms with E-state index in [-0.39, 0.29) is 5.91 Å². The molecular weight excluding hydrogens is 410 g/mol. The fourth-order valence-electron chi connectivity index (χ4n) is 3.98. The molecule has 1 N–H and O–H groups in total. The molecule has 0 unspecified atom stereocenters. The topological polar surface area (TPSA) is 80.2 Å². The van der Waals surface area contributed by atoms with E-state index in [2.05, 4.69) is 63.7 Å². The second-order valence-corrected chi connectivity index (χ2v) is 8.97. The van der Waals surface area contributed by atoms with E-state index in [1.54, 1.807) is 7.11 Å². The molecule has 0 aliphatic carbocycles. The van der Waals surface area contributed by atoms with Crippen LogP contribution in [0.3, 0.4) is 0 Å². The number of benzene rings is 1. The average molecular weight is 438 g/mol. The minimum absolute atomic E-state index is 0.0669. The molecule has 4 rings (SSSR count). The molecule has 1 aliphatic rings. The Morgan fingerprint density at radius 3 is 2.87 bits per heavy atom. The van der Waals surface area contributed by atoms with Gasteiger partial charge < -0.3 is 4.74 Å². The number of hydrogen-bond acceptors (Lipinski definition) is 7. The highest BCUT2D eigenvalue weighted by Gasteiger charge is 2.27. The number of rotatable bonds is 8. The maximum Gasteiger partial charge on any atom is 0.240 e. The summed E-state index contributed by atoms with van der Waals surface area (Å²) in [7, 11) is 1.61. The fraction of sp³-hybridized carbons (Fsp3) is 0.391. The Hall–Kier alpha value is -2.68. The van der Waals surface area contributed by atoms with E-state index in [1.807, 2.05) is 6.07 Å². The number of likely N-dealkylation sites (tertiary alicyclic amines) is 1. The highest BCUT2D eigenvalue weighted by molar-refractivity contribution is 7.15. The van der Waals surface area contributed by atoms with E-state index in [0.29, 0.717) is 24.2 Å². The summed E-state index contributed by atoms with van der Waals surface area (Å²) in [5.41, 5.74) is 4.76. The third-order valence-corrected chi connectivity index (χ3v) is 6.14. The molecule has 1 atom stereocenters. The van der Waals surface area contributed by atoms with Crippen molar-refractivity contribution in [3.63, 3.8) is 0 Å². The van der Waals surface area contributed by atoms with E-state index in [1.165, 1.54) is 22.5 Å². The van der Waals surface area contributed by atoms with Crippen molar-refractivity contribution in [2.45, 2.75) is 32.3 Å². The summed E-state index contributed by atoms with van der Waals surface area (Å²) in [6.45, 7) is 4.51. The number of carbonyl (C=O) groups excluding carboxylic acids is 1. The van der Waals surface area contributed by atoms with Crippen LogP contribution in [-0.2, 0) is 22.6 Å². The van der Waals surface area contributed by atoms with E-state index in [9.17, 15) is 4.79 Å². The lowest BCUT2D eigenvalue weighted by Gasteiger charge is -2.16. The second kappa shape index (κ2) is 10.1. The van der Waals surface area contributed by atoms with Gasteiger partial charge in [0.25, 0.3) is 0 Å². The van der Waals surface area contributed by atoms with Crippen LogP contribution in [0.25, 0.3) is 0 Å². The number of carbonyl (C=O) groups is 1. The van der Waals surface area contributed by atoms with Crippen LogP contribution >= 0.6 is 11.3 Å². The van der Waals surface area contributed by atoms with Gasteiger partial charge in [-0.05, 0) is 49.6 Å². The molecule has 1 fully saturated rings. The Morgan fingerprint density at radius 1 is 1.23 bits per heavy atom. The van der Waals surface area contributed by atoms with Crippen LogP contribution in [0.15, 0.2) is 42.5 Å². The molecule has 3 aromatic rings. The first-order valence-corrected chi connectivity index (χ1v) is 11.3. The molecule has 1 saturated heterocycles. The highest BCUT2D eigenvalue weighted by atomic mass is 32.1. The van der Waals surface area contributed by atoms with Crippen LogP contribution < -0.4 is 5.32 Å². The first-order chi connectivity index (χ1) is 15.1. The molecule has 8 heteroatoms. The Kier molecular flexibility index (Phi) is 7.01. The molecule has 0 saturated carbocycles. The maximum atomic E-state index is 12.4. The number of ether oxygens (including phenoxy) is 1. The van der Waals surface area contributed by atoms with Crippen molar-refractivity contribution in [1.82, 2.24) is 20.1 Å². The number of hydrogen-bond donors (Lipinski definition) is 1. The molecule has 1 aliphatic heterocycles. The fourth-order valence-corrected chi connectivity index (χ4v) is 4.70. The van der Waals surface area contributed by atoms with Crippen LogP contribution in [0, 0.1) is 6.92 Å². The van der Waals surface area contributed by atoms with Crippen molar-refractivity contribution in [1.29, 1.82) is 0 Å². The third kappa shape index (κ3) is 5.94. The monoisotopic (exact) mass is 437 g/mol. The van der Waals surface area contributed by atoms with Crippen LogP contribution in [0.2, 0.25) is 0 Å². The first kappa shape index (κ1) is 21.5. The Balaban J connectivity index is 1.34. The van der Waals surface area contributed by atoms with Gasteiger partial charge in [-0.3, -0.25) is 20.0 Å². The zero-order valence-corrected chi connectivity index (χ0v) is 18.7. The molecule has 7 nitrogen and oxygen atoms in total. The smallest absolute Gasteiger partial charge is 0.240 e. The van der Waals surface area contributed by atoms with Crippen LogP contribution in [0.4, 0.5) is 5.13 Å². The number of amides is 1. The van der Waals surface area contributed by atoms with Crippen LogP contribution in [0.1, 0.15) is 39.9 Å². The normalized spacial score (nSPS) is 16.5. The molecule has 1 aromatic carbocycles. The van der Waals surface area contributed by atoms with Gasteiger partial charge in [0, 0.05) is 31.0 Å². The standard InChI is InChI=1S/C23H27N5O2S/c1-16-10-18(11-17-6-4-3-5-7-17)12-20(24-16)19-8-9-28(13-19)14-21(29)25-23-27-26-22(31-23)15-30-2/h3-7,10,12,19H,8-9,11,13-15H2,1-2H3,(H,25,27,29)/t19-/m0/s1. The largest absolute Gasteiger partial charge is 0.377 e. The summed E-state index contributed by atoms with van der Waals surface area (Å²) in [4.78, 5) is 19.4. The molecular formula is C23H27N5O2S. The molecule has 2 aromatic heterocycles.